The maximum Gasteiger partial charge on any atom is -0.00442 e. The van der Waals surface area contributed by atoms with Crippen molar-refractivity contribution in [2.45, 2.75) is 604 Å². The van der Waals surface area contributed by atoms with Crippen LogP contribution >= 0.6 is 0 Å². The van der Waals surface area contributed by atoms with Gasteiger partial charge >= 0.3 is 0 Å². The van der Waals surface area contributed by atoms with Gasteiger partial charge in [-0.2, -0.15) is 0 Å². The van der Waals surface area contributed by atoms with E-state index in [0.717, 1.165) is 237 Å². The second kappa shape index (κ2) is 66.2. The zero-order valence-electron chi connectivity index (χ0n) is 107. The van der Waals surface area contributed by atoms with Gasteiger partial charge in [0.05, 0.1) is 0 Å². The van der Waals surface area contributed by atoms with Gasteiger partial charge in [0.1, 0.15) is 0 Å². The Balaban J connectivity index is 0.000000769. The van der Waals surface area contributed by atoms with Crippen LogP contribution in [0.5, 0.6) is 0 Å². The fourth-order valence-electron chi connectivity index (χ4n) is 32.0. The highest BCUT2D eigenvalue weighted by molar-refractivity contribution is 5.42. The second-order valence-electron chi connectivity index (χ2n) is 57.6. The fraction of sp³-hybridized carbons (Fsp3) is 0.957. The van der Waals surface area contributed by atoms with Crippen molar-refractivity contribution in [2.24, 2.45) is 258 Å². The maximum atomic E-state index is 2.48. The summed E-state index contributed by atoms with van der Waals surface area (Å²) in [6, 6.07) is 7.12. The monoisotopic (exact) mass is 1960 g/mol. The largest absolute Gasteiger partial charge is 0.0651 e. The van der Waals surface area contributed by atoms with E-state index in [4.69, 9.17) is 0 Å². The summed E-state index contributed by atoms with van der Waals surface area (Å²) in [6.45, 7) is 129. The van der Waals surface area contributed by atoms with E-state index in [1.165, 1.54) is 224 Å². The first-order chi connectivity index (χ1) is 65.1. The quantitative estimate of drug-likeness (QED) is 0.102. The lowest BCUT2D eigenvalue weighted by atomic mass is 9.28. The van der Waals surface area contributed by atoms with Crippen molar-refractivity contribution in [1.82, 2.24) is 0 Å². The van der Waals surface area contributed by atoms with Crippen LogP contribution in [0.15, 0.2) is 18.2 Å². The van der Waals surface area contributed by atoms with Crippen LogP contribution in [0.4, 0.5) is 0 Å². The predicted molar refractivity (Wildman–Crippen MR) is 643 cm³/mol. The highest BCUT2D eigenvalue weighted by Crippen LogP contribution is 2.77. The first-order valence-corrected chi connectivity index (χ1v) is 64.2. The van der Waals surface area contributed by atoms with Crippen LogP contribution in [0.3, 0.4) is 0 Å². The second-order valence-corrected chi connectivity index (χ2v) is 57.6. The lowest BCUT2D eigenvalue weighted by Crippen LogP contribution is -2.70. The Hall–Kier alpha value is -0.780. The number of hydrogen-bond acceptors (Lipinski definition) is 0. The number of benzene rings is 1. The Kier molecular flexibility index (Phi) is 64.9. The van der Waals surface area contributed by atoms with Crippen molar-refractivity contribution in [1.29, 1.82) is 0 Å². The average molecular weight is 1960 g/mol. The van der Waals surface area contributed by atoms with Crippen molar-refractivity contribution in [3.05, 3.63) is 34.9 Å². The first kappa shape index (κ1) is 137. The van der Waals surface area contributed by atoms with Crippen LogP contribution in [-0.2, 0) is 5.41 Å². The number of fused-ring (bicyclic) bond motifs is 2. The van der Waals surface area contributed by atoms with Crippen LogP contribution < -0.4 is 0 Å². The molecule has 0 heterocycles. The van der Waals surface area contributed by atoms with Gasteiger partial charge in [-0.15, -0.1) is 0 Å². The zero-order chi connectivity index (χ0) is 108. The van der Waals surface area contributed by atoms with Gasteiger partial charge in [-0.1, -0.05) is 487 Å². The van der Waals surface area contributed by atoms with Crippen LogP contribution in [0, 0.1) is 265 Å². The van der Waals surface area contributed by atoms with Gasteiger partial charge in [0, 0.05) is 0 Å². The van der Waals surface area contributed by atoms with Crippen molar-refractivity contribution in [2.75, 3.05) is 0 Å². The number of hydrogen-bond donors (Lipinski definition) is 0. The van der Waals surface area contributed by atoms with Gasteiger partial charge in [0.2, 0.25) is 0 Å². The van der Waals surface area contributed by atoms with E-state index < -0.39 is 0 Å². The molecule has 0 heteroatoms. The lowest BCUT2D eigenvalue weighted by Gasteiger charge is -2.76. The van der Waals surface area contributed by atoms with Gasteiger partial charge in [-0.3, -0.25) is 0 Å². The molecule has 834 valence electrons. The molecule has 0 spiro atoms. The Morgan fingerprint density at radius 2 is 0.543 bits per heavy atom. The molecule has 0 N–H and O–H groups in total. The third-order valence-corrected chi connectivity index (χ3v) is 48.8. The van der Waals surface area contributed by atoms with Crippen molar-refractivity contribution >= 4 is 0 Å². The highest BCUT2D eigenvalue weighted by atomic mass is 14.8. The highest BCUT2D eigenvalue weighted by Gasteiger charge is 2.71. The van der Waals surface area contributed by atoms with E-state index in [1.807, 2.05) is 0 Å². The Morgan fingerprint density at radius 1 is 0.264 bits per heavy atom. The lowest BCUT2D eigenvalue weighted by molar-refractivity contribution is -0.283. The molecule has 0 aromatic heterocycles. The standard InChI is InChI=1S/C18H28.C16H32.C14H28.C12H22.2C12H24.3C10H20.C9H18.C9H20.C8H18/c1-7-14(4)18(6)11-13(3)15(5)16-10-12(2)8-9-17(16)18;1-5-13(6-2)15-9-11-16(12-10-15)14(7-3)8-4;1-5-11(3)13-7-9-14(10-8-13)12(4)6-2;1-7-5-8(2)12-10(4)6-9(3)11(7)12;1-9(2)10(3,4)12(7,8)11(9,5)6;1-5-9(2)12-7-6-10(3)11(4)8-12;1-7-5-9(3)10(4)6-8(7)2;2*1-5-10-8(3)6-7(2)9(10)4;1-6-5-7(2)9(4)8(6)3;1-5-8(3)7-9(4)6-2;1-5-7(3)8(4)6-2/h8-10,13-15H,7,11H2,1-6H3;13-16H,5-12H2,1-4H3;11-14H,5-10H2,1-4H3;7-12H,5-6H2,1-4H3;1-8H3;9-12H,5-8H2,1-4H3;3*7-10H,5-6H2,1-4H3;6-9H,5H2,1-4H3;8-9H,5-7H2,1-4H3;7-8H,5-6H2,1-4H3. The molecule has 140 heavy (non-hydrogen) atoms. The first-order valence-electron chi connectivity index (χ1n) is 64.2. The molecule has 10 saturated carbocycles. The normalized spacial score (nSPS) is 37.8. The van der Waals surface area contributed by atoms with E-state index in [9.17, 15) is 0 Å². The number of rotatable bonds is 23. The summed E-state index contributed by atoms with van der Waals surface area (Å²) in [4.78, 5) is 0. The van der Waals surface area contributed by atoms with E-state index in [2.05, 4.69) is 392 Å². The molecule has 11 aliphatic rings. The van der Waals surface area contributed by atoms with Crippen LogP contribution in [0.1, 0.15) is 608 Å². The number of aryl methyl sites for hydroxylation is 1. The SMILES string of the molecule is CC1(C)C(C)(C)C(C)(C)C1(C)C.CC1CC(C)C(C)C1C.CC1CC(C)C(C)CC1C.CC1CC(C)C2C(C)CC(C)C12.CCC(C)C(C)CC.CCC(C)C1(C)CC(C)C(C)c2cc(C)ccc21.CCC(C)C1CCC(C(C)CC)CC1.CCC(C)C1CCC(C)C(C)C1.CCC(C)CC(C)CC.CCC(CC)C1CCC(C(CC)CC)CC1.CCC1C(C)CC(C)C1C.CCC1C(C)CC(C)C1C. The topological polar surface area (TPSA) is 0 Å². The molecule has 0 aliphatic heterocycles. The van der Waals surface area contributed by atoms with Gasteiger partial charge in [-0.25, -0.2) is 0 Å². The predicted octanol–water partition coefficient (Wildman–Crippen LogP) is 47.2. The Labute approximate surface area is 890 Å². The summed E-state index contributed by atoms with van der Waals surface area (Å²) in [6.07, 6.45) is 48.6. The maximum absolute atomic E-state index is 2.48. The summed E-state index contributed by atoms with van der Waals surface area (Å²) in [5, 5.41) is 0. The van der Waals surface area contributed by atoms with Gasteiger partial charge in [0.25, 0.3) is 0 Å². The Morgan fingerprint density at radius 3 is 0.793 bits per heavy atom. The smallest absolute Gasteiger partial charge is 0.00442 e. The molecule has 1 aromatic rings. The van der Waals surface area contributed by atoms with Gasteiger partial charge in [0.15, 0.2) is 0 Å². The molecule has 34 atom stereocenters. The van der Waals surface area contributed by atoms with Crippen LogP contribution in [0.2, 0.25) is 0 Å². The Bertz CT molecular complexity index is 2990. The molecular formula is C140H274. The minimum absolute atomic E-state index is 0.365. The zero-order valence-corrected chi connectivity index (χ0v) is 107. The molecular weight excluding hydrogens is 1680 g/mol. The van der Waals surface area contributed by atoms with Crippen molar-refractivity contribution < 1.29 is 0 Å². The summed E-state index contributed by atoms with van der Waals surface area (Å²) in [7, 11) is 0. The molecule has 11 aliphatic carbocycles. The minimum Gasteiger partial charge on any atom is -0.0651 e. The molecule has 0 amide bonds. The van der Waals surface area contributed by atoms with E-state index in [0.29, 0.717) is 33.0 Å². The van der Waals surface area contributed by atoms with E-state index in [-0.39, 0.29) is 0 Å². The molecule has 0 saturated heterocycles. The molecule has 10 fully saturated rings. The summed E-state index contributed by atoms with van der Waals surface area (Å²) in [5.41, 5.74) is 6.79. The van der Waals surface area contributed by atoms with E-state index in [1.54, 1.807) is 11.1 Å². The molecule has 0 bridgehead atoms. The third-order valence-electron chi connectivity index (χ3n) is 48.8. The van der Waals surface area contributed by atoms with Crippen LogP contribution in [0.25, 0.3) is 0 Å². The van der Waals surface area contributed by atoms with Crippen molar-refractivity contribution in [3.8, 4) is 0 Å². The molecule has 12 rings (SSSR count). The molecule has 34 unspecified atom stereocenters. The molecule has 0 nitrogen and oxygen atoms in total. The fourth-order valence-corrected chi connectivity index (χ4v) is 32.0. The minimum atomic E-state index is 0.365. The summed E-state index contributed by atoms with van der Waals surface area (Å²) >= 11 is 0. The summed E-state index contributed by atoms with van der Waals surface area (Å²) < 4.78 is 0. The van der Waals surface area contributed by atoms with Crippen molar-refractivity contribution in [3.63, 3.8) is 0 Å². The average Bonchev–Trinajstić information content (AvgIpc) is 0.880. The summed E-state index contributed by atoms with van der Waals surface area (Å²) in [5.74, 6) is 39.8. The third kappa shape index (κ3) is 39.4. The van der Waals surface area contributed by atoms with Crippen LogP contribution in [-0.4, -0.2) is 0 Å². The molecule has 0 radical (unpaired) electrons. The van der Waals surface area contributed by atoms with Gasteiger partial charge in [-0.05, 0) is 410 Å². The molecule has 1 aromatic carbocycles. The van der Waals surface area contributed by atoms with Gasteiger partial charge < -0.3 is 0 Å². The van der Waals surface area contributed by atoms with E-state index >= 15 is 0 Å².